The molecule has 9 nitrogen and oxygen atoms in total. The van der Waals surface area contributed by atoms with Crippen molar-refractivity contribution in [1.29, 1.82) is 0 Å². The van der Waals surface area contributed by atoms with Gasteiger partial charge in [-0.25, -0.2) is 14.4 Å². The number of aliphatic carboxylic acids is 1. The van der Waals surface area contributed by atoms with Gasteiger partial charge in [0.25, 0.3) is 0 Å². The molecule has 1 atom stereocenters. The topological polar surface area (TPSA) is 119 Å². The van der Waals surface area contributed by atoms with Gasteiger partial charge in [-0.15, -0.1) is 0 Å². The Balaban J connectivity index is 2.26. The molecule has 1 aliphatic heterocycles. The average molecular weight is 303 g/mol. The molecule has 1 heterocycles. The van der Waals surface area contributed by atoms with Gasteiger partial charge in [0.1, 0.15) is 0 Å². The summed E-state index contributed by atoms with van der Waals surface area (Å²) in [5, 5.41) is 20.1. The highest BCUT2D eigenvalue weighted by molar-refractivity contribution is 5.75. The van der Waals surface area contributed by atoms with Crippen LogP contribution in [0.3, 0.4) is 0 Å². The molecule has 0 saturated carbocycles. The summed E-state index contributed by atoms with van der Waals surface area (Å²) in [6, 6.07) is -0.337. The van der Waals surface area contributed by atoms with E-state index in [4.69, 9.17) is 14.9 Å². The maximum atomic E-state index is 11.8. The van der Waals surface area contributed by atoms with Crippen LogP contribution in [0.25, 0.3) is 0 Å². The molecule has 1 aliphatic rings. The molecule has 1 fully saturated rings. The zero-order valence-corrected chi connectivity index (χ0v) is 11.9. The Kier molecular flexibility index (Phi) is 6.73. The van der Waals surface area contributed by atoms with Crippen molar-refractivity contribution in [1.82, 2.24) is 15.1 Å². The van der Waals surface area contributed by atoms with E-state index < -0.39 is 12.1 Å². The smallest absolute Gasteiger partial charge is 0.409 e. The van der Waals surface area contributed by atoms with Crippen molar-refractivity contribution >= 4 is 18.1 Å². The molecule has 1 rings (SSSR count). The van der Waals surface area contributed by atoms with Gasteiger partial charge in [-0.1, -0.05) is 0 Å². The first kappa shape index (κ1) is 17.0. The fourth-order valence-electron chi connectivity index (χ4n) is 1.86. The summed E-state index contributed by atoms with van der Waals surface area (Å²) >= 11 is 0. The lowest BCUT2D eigenvalue weighted by molar-refractivity contribution is -0.146. The third-order valence-electron chi connectivity index (χ3n) is 3.07. The molecule has 0 radical (unpaired) electrons. The van der Waals surface area contributed by atoms with E-state index in [1.807, 2.05) is 0 Å². The Morgan fingerprint density at radius 2 is 1.76 bits per heavy atom. The Hall–Kier alpha value is -2.03. The van der Waals surface area contributed by atoms with Crippen LogP contribution in [-0.4, -0.2) is 83.5 Å². The van der Waals surface area contributed by atoms with E-state index in [-0.39, 0.29) is 25.1 Å². The van der Waals surface area contributed by atoms with Gasteiger partial charge in [0.15, 0.2) is 6.10 Å². The minimum absolute atomic E-state index is 0.0517. The predicted octanol–water partition coefficient (Wildman–Crippen LogP) is -0.694. The minimum atomic E-state index is -1.48. The van der Waals surface area contributed by atoms with Crippen LogP contribution in [-0.2, 0) is 9.53 Å². The molecule has 120 valence electrons. The van der Waals surface area contributed by atoms with Crippen LogP contribution >= 0.6 is 0 Å². The summed E-state index contributed by atoms with van der Waals surface area (Å²) in [4.78, 5) is 36.8. The summed E-state index contributed by atoms with van der Waals surface area (Å²) in [5.41, 5.74) is 0. The predicted molar refractivity (Wildman–Crippen MR) is 71.8 cm³/mol. The van der Waals surface area contributed by atoms with E-state index >= 15 is 0 Å². The summed E-state index contributed by atoms with van der Waals surface area (Å²) < 4.78 is 4.88. The van der Waals surface area contributed by atoms with Crippen molar-refractivity contribution in [3.8, 4) is 0 Å². The lowest BCUT2D eigenvalue weighted by Crippen LogP contribution is -2.53. The van der Waals surface area contributed by atoms with Crippen LogP contribution in [0.15, 0.2) is 0 Å². The molecule has 1 saturated heterocycles. The fourth-order valence-corrected chi connectivity index (χ4v) is 1.86. The fraction of sp³-hybridized carbons (Fsp3) is 0.750. The number of rotatable bonds is 5. The van der Waals surface area contributed by atoms with Gasteiger partial charge in [-0.3, -0.25) is 0 Å². The average Bonchev–Trinajstić information content (AvgIpc) is 2.47. The maximum absolute atomic E-state index is 11.8. The van der Waals surface area contributed by atoms with Crippen molar-refractivity contribution in [2.75, 3.05) is 39.3 Å². The number of hydrogen-bond acceptors (Lipinski definition) is 5. The van der Waals surface area contributed by atoms with Crippen molar-refractivity contribution < 1.29 is 29.3 Å². The van der Waals surface area contributed by atoms with E-state index in [1.165, 1.54) is 9.80 Å². The first-order valence-electron chi connectivity index (χ1n) is 6.81. The zero-order valence-electron chi connectivity index (χ0n) is 11.9. The van der Waals surface area contributed by atoms with Gasteiger partial charge in [0.2, 0.25) is 0 Å². The van der Waals surface area contributed by atoms with Crippen LogP contribution in [0.2, 0.25) is 0 Å². The maximum Gasteiger partial charge on any atom is 0.409 e. The van der Waals surface area contributed by atoms with E-state index in [0.717, 1.165) is 0 Å². The second-order valence-corrected chi connectivity index (χ2v) is 4.55. The molecule has 3 N–H and O–H groups in total. The van der Waals surface area contributed by atoms with Gasteiger partial charge in [0.05, 0.1) is 6.61 Å². The monoisotopic (exact) mass is 303 g/mol. The highest BCUT2D eigenvalue weighted by atomic mass is 16.6. The molecule has 9 heteroatoms. The van der Waals surface area contributed by atoms with Gasteiger partial charge in [-0.05, 0) is 6.92 Å². The quantitative estimate of drug-likeness (QED) is 0.618. The summed E-state index contributed by atoms with van der Waals surface area (Å²) in [6.07, 6.45) is -1.92. The summed E-state index contributed by atoms with van der Waals surface area (Å²) in [6.45, 7) is 3.66. The first-order chi connectivity index (χ1) is 9.95. The number of ether oxygens (including phenoxy) is 1. The Morgan fingerprint density at radius 1 is 1.19 bits per heavy atom. The summed E-state index contributed by atoms with van der Waals surface area (Å²) in [7, 11) is 0. The number of nitrogens with zero attached hydrogens (tertiary/aromatic N) is 2. The Morgan fingerprint density at radius 3 is 2.29 bits per heavy atom. The van der Waals surface area contributed by atoms with Crippen LogP contribution in [0.4, 0.5) is 9.59 Å². The number of carbonyl (C=O) groups is 3. The largest absolute Gasteiger partial charge is 0.479 e. The molecule has 0 aliphatic carbocycles. The minimum Gasteiger partial charge on any atom is -0.479 e. The highest BCUT2D eigenvalue weighted by Crippen LogP contribution is 2.04. The molecule has 0 unspecified atom stereocenters. The molecule has 0 aromatic heterocycles. The van der Waals surface area contributed by atoms with Crippen molar-refractivity contribution in [2.45, 2.75) is 19.4 Å². The van der Waals surface area contributed by atoms with Crippen LogP contribution in [0.5, 0.6) is 0 Å². The van der Waals surface area contributed by atoms with Crippen molar-refractivity contribution in [3.05, 3.63) is 0 Å². The van der Waals surface area contributed by atoms with E-state index in [0.29, 0.717) is 32.8 Å². The lowest BCUT2D eigenvalue weighted by atomic mass is 10.2. The molecular formula is C12H21N3O6. The number of aliphatic hydroxyl groups is 1. The van der Waals surface area contributed by atoms with Gasteiger partial charge in [-0.2, -0.15) is 0 Å². The summed E-state index contributed by atoms with van der Waals surface area (Å²) in [5.74, 6) is -1.31. The second-order valence-electron chi connectivity index (χ2n) is 4.55. The van der Waals surface area contributed by atoms with Crippen LogP contribution in [0.1, 0.15) is 13.3 Å². The second kappa shape index (κ2) is 8.30. The van der Waals surface area contributed by atoms with Crippen molar-refractivity contribution in [3.63, 3.8) is 0 Å². The number of carbonyl (C=O) groups excluding carboxylic acids is 2. The van der Waals surface area contributed by atoms with E-state index in [2.05, 4.69) is 5.32 Å². The Labute approximate surface area is 122 Å². The number of hydrogen-bond donors (Lipinski definition) is 3. The molecule has 0 aromatic carbocycles. The molecule has 0 spiro atoms. The van der Waals surface area contributed by atoms with E-state index in [1.54, 1.807) is 6.92 Å². The number of aliphatic hydroxyl groups excluding tert-OH is 1. The molecule has 0 aromatic rings. The number of urea groups is 1. The third-order valence-corrected chi connectivity index (χ3v) is 3.07. The molecule has 3 amide bonds. The third kappa shape index (κ3) is 5.46. The molecule has 0 bridgehead atoms. The van der Waals surface area contributed by atoms with Crippen LogP contribution < -0.4 is 5.32 Å². The standard InChI is InChI=1S/C12H21N3O6/c1-2-21-12(20)15-7-5-14(6-8-15)11(19)13-4-3-9(16)10(17)18/h9,16H,2-8H2,1H3,(H,13,19)(H,17,18)/t9-/m0/s1. The van der Waals surface area contributed by atoms with Crippen LogP contribution in [0, 0.1) is 0 Å². The lowest BCUT2D eigenvalue weighted by Gasteiger charge is -2.34. The molecular weight excluding hydrogens is 282 g/mol. The number of carboxylic acids is 1. The highest BCUT2D eigenvalue weighted by Gasteiger charge is 2.24. The van der Waals surface area contributed by atoms with Crippen molar-refractivity contribution in [2.24, 2.45) is 0 Å². The normalized spacial score (nSPS) is 16.3. The molecule has 21 heavy (non-hydrogen) atoms. The SMILES string of the molecule is CCOC(=O)N1CCN(C(=O)NCC[C@H](O)C(=O)O)CC1. The number of nitrogens with one attached hydrogen (secondary N) is 1. The Bertz CT molecular complexity index is 381. The van der Waals surface area contributed by atoms with Gasteiger partial charge >= 0.3 is 18.1 Å². The van der Waals surface area contributed by atoms with Gasteiger partial charge in [0, 0.05) is 39.1 Å². The number of carboxylic acid groups (broad SMARTS) is 1. The van der Waals surface area contributed by atoms with Gasteiger partial charge < -0.3 is 30.1 Å². The number of piperazine rings is 1. The first-order valence-corrected chi connectivity index (χ1v) is 6.81. The number of amides is 3. The zero-order chi connectivity index (χ0) is 15.8. The van der Waals surface area contributed by atoms with E-state index in [9.17, 15) is 14.4 Å².